The molecule has 1 saturated heterocycles. The zero-order chi connectivity index (χ0) is 25.2. The SMILES string of the molecule is COc1ccc(CN2CC(c3nc4ccccc4n3CCOc3cc(C)c(Cl)c(C)c3)CC2=O)cc1. The molecule has 0 bridgehead atoms. The van der Waals surface area contributed by atoms with Crippen molar-refractivity contribution >= 4 is 28.5 Å². The highest BCUT2D eigenvalue weighted by Crippen LogP contribution is 2.32. The normalized spacial score (nSPS) is 15.6. The van der Waals surface area contributed by atoms with Crippen LogP contribution in [0.5, 0.6) is 11.5 Å². The minimum Gasteiger partial charge on any atom is -0.497 e. The molecule has 6 nitrogen and oxygen atoms in total. The largest absolute Gasteiger partial charge is 0.497 e. The van der Waals surface area contributed by atoms with Crippen molar-refractivity contribution in [1.29, 1.82) is 0 Å². The van der Waals surface area contributed by atoms with Gasteiger partial charge in [-0.05, 0) is 66.9 Å². The number of likely N-dealkylation sites (tertiary alicyclic amines) is 1. The summed E-state index contributed by atoms with van der Waals surface area (Å²) >= 11 is 6.31. The summed E-state index contributed by atoms with van der Waals surface area (Å²) in [6.07, 6.45) is 0.454. The van der Waals surface area contributed by atoms with Crippen molar-refractivity contribution < 1.29 is 14.3 Å². The van der Waals surface area contributed by atoms with Gasteiger partial charge in [0.2, 0.25) is 5.91 Å². The van der Waals surface area contributed by atoms with E-state index in [4.69, 9.17) is 26.1 Å². The van der Waals surface area contributed by atoms with Gasteiger partial charge in [-0.1, -0.05) is 35.9 Å². The Labute approximate surface area is 216 Å². The molecule has 0 aliphatic carbocycles. The molecule has 1 aliphatic heterocycles. The van der Waals surface area contributed by atoms with Crippen molar-refractivity contribution in [2.24, 2.45) is 0 Å². The first-order chi connectivity index (χ1) is 17.4. The fourth-order valence-corrected chi connectivity index (χ4v) is 5.04. The van der Waals surface area contributed by atoms with E-state index in [9.17, 15) is 4.79 Å². The molecule has 1 atom stereocenters. The molecule has 5 rings (SSSR count). The zero-order valence-electron chi connectivity index (χ0n) is 20.8. The highest BCUT2D eigenvalue weighted by molar-refractivity contribution is 6.32. The summed E-state index contributed by atoms with van der Waals surface area (Å²) in [5.41, 5.74) is 5.08. The Hall–Kier alpha value is -3.51. The maximum absolute atomic E-state index is 12.9. The number of amides is 1. The number of rotatable bonds is 8. The third kappa shape index (κ3) is 4.91. The second kappa shape index (κ2) is 10.2. The molecule has 3 aromatic carbocycles. The Morgan fingerprint density at radius 2 is 1.75 bits per heavy atom. The number of fused-ring (bicyclic) bond motifs is 1. The second-order valence-electron chi connectivity index (χ2n) is 9.35. The number of hydrogen-bond donors (Lipinski definition) is 0. The van der Waals surface area contributed by atoms with Gasteiger partial charge in [-0.3, -0.25) is 4.79 Å². The molecule has 2 heterocycles. The van der Waals surface area contributed by atoms with Crippen LogP contribution in [0, 0.1) is 13.8 Å². The van der Waals surface area contributed by atoms with Crippen LogP contribution in [0.15, 0.2) is 60.7 Å². The molecule has 1 aliphatic rings. The van der Waals surface area contributed by atoms with Crippen molar-refractivity contribution in [3.8, 4) is 11.5 Å². The highest BCUT2D eigenvalue weighted by atomic mass is 35.5. The van der Waals surface area contributed by atoms with Gasteiger partial charge in [0.1, 0.15) is 23.9 Å². The molecule has 1 aromatic heterocycles. The first-order valence-corrected chi connectivity index (χ1v) is 12.6. The Bertz CT molecular complexity index is 1370. The molecule has 1 amide bonds. The Morgan fingerprint density at radius 1 is 1.03 bits per heavy atom. The smallest absolute Gasteiger partial charge is 0.223 e. The number of carbonyl (C=O) groups is 1. The quantitative estimate of drug-likeness (QED) is 0.300. The number of aryl methyl sites for hydroxylation is 2. The maximum Gasteiger partial charge on any atom is 0.223 e. The summed E-state index contributed by atoms with van der Waals surface area (Å²) in [5.74, 6) is 2.74. The first kappa shape index (κ1) is 24.2. The predicted octanol–water partition coefficient (Wildman–Crippen LogP) is 5.91. The number of imidazole rings is 1. The minimum absolute atomic E-state index is 0.0307. The van der Waals surface area contributed by atoms with Gasteiger partial charge in [0.05, 0.1) is 24.7 Å². The van der Waals surface area contributed by atoms with Crippen LogP contribution in [0.4, 0.5) is 0 Å². The fourth-order valence-electron chi connectivity index (χ4n) is 4.93. The number of methoxy groups -OCH3 is 1. The summed E-state index contributed by atoms with van der Waals surface area (Å²) in [5, 5.41) is 0.773. The lowest BCUT2D eigenvalue weighted by molar-refractivity contribution is -0.128. The molecule has 186 valence electrons. The van der Waals surface area contributed by atoms with E-state index in [2.05, 4.69) is 10.6 Å². The first-order valence-electron chi connectivity index (χ1n) is 12.2. The standard InChI is InChI=1S/C29H30ClN3O3/c1-19-14-24(15-20(2)28(19)30)36-13-12-33-26-7-5-4-6-25(26)31-29(33)22-16-27(34)32(18-22)17-21-8-10-23(35-3)11-9-21/h4-11,14-15,22H,12-13,16-18H2,1-3H3. The minimum atomic E-state index is 0.0307. The van der Waals surface area contributed by atoms with Gasteiger partial charge >= 0.3 is 0 Å². The number of ether oxygens (including phenoxy) is 2. The molecule has 0 saturated carbocycles. The molecule has 0 N–H and O–H groups in total. The lowest BCUT2D eigenvalue weighted by Gasteiger charge is -2.18. The van der Waals surface area contributed by atoms with Gasteiger partial charge in [0.25, 0.3) is 0 Å². The lowest BCUT2D eigenvalue weighted by atomic mass is 10.1. The topological polar surface area (TPSA) is 56.6 Å². The van der Waals surface area contributed by atoms with Crippen LogP contribution in [0.1, 0.15) is 34.9 Å². The van der Waals surface area contributed by atoms with E-state index >= 15 is 0 Å². The number of benzene rings is 3. The summed E-state index contributed by atoms with van der Waals surface area (Å²) in [6.45, 7) is 6.32. The number of para-hydroxylation sites is 2. The zero-order valence-corrected chi connectivity index (χ0v) is 21.6. The van der Waals surface area contributed by atoms with E-state index < -0.39 is 0 Å². The number of hydrogen-bond acceptors (Lipinski definition) is 4. The van der Waals surface area contributed by atoms with Crippen molar-refractivity contribution in [3.05, 3.63) is 88.2 Å². The molecular formula is C29H30ClN3O3. The average Bonchev–Trinajstić information content (AvgIpc) is 3.43. The monoisotopic (exact) mass is 503 g/mol. The van der Waals surface area contributed by atoms with E-state index in [1.54, 1.807) is 7.11 Å². The maximum atomic E-state index is 12.9. The fraction of sp³-hybridized carbons (Fsp3) is 0.310. The van der Waals surface area contributed by atoms with Crippen LogP contribution in [0.3, 0.4) is 0 Å². The van der Waals surface area contributed by atoms with Gasteiger partial charge < -0.3 is 18.9 Å². The lowest BCUT2D eigenvalue weighted by Crippen LogP contribution is -2.24. The van der Waals surface area contributed by atoms with E-state index in [0.29, 0.717) is 32.7 Å². The molecular weight excluding hydrogens is 474 g/mol. The second-order valence-corrected chi connectivity index (χ2v) is 9.73. The molecule has 0 radical (unpaired) electrons. The van der Waals surface area contributed by atoms with E-state index in [1.807, 2.05) is 73.3 Å². The molecule has 1 fully saturated rings. The number of halogens is 1. The highest BCUT2D eigenvalue weighted by Gasteiger charge is 2.34. The van der Waals surface area contributed by atoms with E-state index in [-0.39, 0.29) is 11.8 Å². The average molecular weight is 504 g/mol. The summed E-state index contributed by atoms with van der Waals surface area (Å²) in [6, 6.07) is 19.9. The molecule has 7 heteroatoms. The van der Waals surface area contributed by atoms with Crippen molar-refractivity contribution in [1.82, 2.24) is 14.5 Å². The van der Waals surface area contributed by atoms with Gasteiger partial charge in [0, 0.05) is 30.5 Å². The van der Waals surface area contributed by atoms with Crippen LogP contribution >= 0.6 is 11.6 Å². The van der Waals surface area contributed by atoms with Crippen molar-refractivity contribution in [2.75, 3.05) is 20.3 Å². The van der Waals surface area contributed by atoms with E-state index in [0.717, 1.165) is 50.1 Å². The van der Waals surface area contributed by atoms with Gasteiger partial charge in [-0.25, -0.2) is 4.98 Å². The van der Waals surface area contributed by atoms with E-state index in [1.165, 1.54) is 0 Å². The summed E-state index contributed by atoms with van der Waals surface area (Å²) < 4.78 is 13.6. The van der Waals surface area contributed by atoms with Crippen LogP contribution in [0.25, 0.3) is 11.0 Å². The van der Waals surface area contributed by atoms with Crippen molar-refractivity contribution in [3.63, 3.8) is 0 Å². The van der Waals surface area contributed by atoms with Crippen LogP contribution < -0.4 is 9.47 Å². The Morgan fingerprint density at radius 3 is 2.47 bits per heavy atom. The van der Waals surface area contributed by atoms with Crippen LogP contribution in [0.2, 0.25) is 5.02 Å². The Kier molecular flexibility index (Phi) is 6.88. The predicted molar refractivity (Wildman–Crippen MR) is 142 cm³/mol. The molecule has 0 spiro atoms. The molecule has 1 unspecified atom stereocenters. The van der Waals surface area contributed by atoms with Gasteiger partial charge in [0.15, 0.2) is 0 Å². The summed E-state index contributed by atoms with van der Waals surface area (Å²) in [4.78, 5) is 19.8. The van der Waals surface area contributed by atoms with Crippen molar-refractivity contribution in [2.45, 2.75) is 39.3 Å². The summed E-state index contributed by atoms with van der Waals surface area (Å²) in [7, 11) is 1.65. The number of nitrogens with zero attached hydrogens (tertiary/aromatic N) is 3. The van der Waals surface area contributed by atoms with Crippen LogP contribution in [-0.2, 0) is 17.9 Å². The van der Waals surface area contributed by atoms with Gasteiger partial charge in [-0.2, -0.15) is 0 Å². The third-order valence-corrected chi connectivity index (χ3v) is 7.39. The number of aromatic nitrogens is 2. The van der Waals surface area contributed by atoms with Crippen LogP contribution in [-0.4, -0.2) is 40.6 Å². The number of carbonyl (C=O) groups excluding carboxylic acids is 1. The molecule has 4 aromatic rings. The third-order valence-electron chi connectivity index (χ3n) is 6.79. The van der Waals surface area contributed by atoms with Gasteiger partial charge in [-0.15, -0.1) is 0 Å². The Balaban J connectivity index is 1.33. The molecule has 36 heavy (non-hydrogen) atoms.